The summed E-state index contributed by atoms with van der Waals surface area (Å²) in [5.41, 5.74) is 1.17. The fourth-order valence-electron chi connectivity index (χ4n) is 1.93. The van der Waals surface area contributed by atoms with E-state index in [4.69, 9.17) is 0 Å². The maximum atomic E-state index is 4.38. The Bertz CT molecular complexity index is 294. The molecule has 4 heteroatoms. The van der Waals surface area contributed by atoms with E-state index in [0.29, 0.717) is 6.04 Å². The predicted octanol–water partition coefficient (Wildman–Crippen LogP) is 0.214. The van der Waals surface area contributed by atoms with Crippen LogP contribution in [0.5, 0.6) is 0 Å². The van der Waals surface area contributed by atoms with E-state index in [1.165, 1.54) is 5.69 Å². The third-order valence-corrected chi connectivity index (χ3v) is 2.61. The summed E-state index contributed by atoms with van der Waals surface area (Å²) in [6.07, 6.45) is 2.00. The first-order valence-electron chi connectivity index (χ1n) is 5.18. The Kier molecular flexibility index (Phi) is 2.84. The Morgan fingerprint density at radius 3 is 3.14 bits per heavy atom. The summed E-state index contributed by atoms with van der Waals surface area (Å²) in [7, 11) is 1.96. The van der Waals surface area contributed by atoms with Gasteiger partial charge in [0.2, 0.25) is 0 Å². The van der Waals surface area contributed by atoms with E-state index in [9.17, 15) is 0 Å². The Hall–Kier alpha value is -0.870. The third-order valence-electron chi connectivity index (χ3n) is 2.61. The fourth-order valence-corrected chi connectivity index (χ4v) is 1.93. The molecule has 1 aromatic heterocycles. The van der Waals surface area contributed by atoms with Crippen LogP contribution in [0.3, 0.4) is 0 Å². The van der Waals surface area contributed by atoms with Crippen LogP contribution in [0.4, 0.5) is 0 Å². The summed E-state index contributed by atoms with van der Waals surface area (Å²) in [6, 6.07) is 2.69. The molecule has 0 aliphatic carbocycles. The summed E-state index contributed by atoms with van der Waals surface area (Å²) in [4.78, 5) is 2.45. The van der Waals surface area contributed by atoms with Crippen molar-refractivity contribution in [2.24, 2.45) is 7.05 Å². The van der Waals surface area contributed by atoms with Crippen molar-refractivity contribution in [3.8, 4) is 0 Å². The minimum absolute atomic E-state index is 0.604. The summed E-state index contributed by atoms with van der Waals surface area (Å²) < 4.78 is 1.86. The van der Waals surface area contributed by atoms with Gasteiger partial charge in [0.25, 0.3) is 0 Å². The van der Waals surface area contributed by atoms with E-state index < -0.39 is 0 Å². The highest BCUT2D eigenvalue weighted by atomic mass is 15.3. The topological polar surface area (TPSA) is 33.1 Å². The molecule has 1 N–H and O–H groups in total. The molecule has 0 unspecified atom stereocenters. The highest BCUT2D eigenvalue weighted by molar-refractivity contribution is 4.99. The molecule has 1 atom stereocenters. The standard InChI is InChI=1S/C10H18N4/c1-9-7-14(6-4-11-9)8-10-3-5-13(2)12-10/h3,5,9,11H,4,6-8H2,1-2H3/t9-/m0/s1. The molecule has 1 fully saturated rings. The Balaban J connectivity index is 1.90. The summed E-state index contributed by atoms with van der Waals surface area (Å²) in [5, 5.41) is 7.82. The molecule has 0 amide bonds. The molecule has 0 aromatic carbocycles. The Morgan fingerprint density at radius 1 is 1.64 bits per heavy atom. The van der Waals surface area contributed by atoms with Crippen molar-refractivity contribution >= 4 is 0 Å². The lowest BCUT2D eigenvalue weighted by atomic mass is 10.2. The molecule has 4 nitrogen and oxygen atoms in total. The smallest absolute Gasteiger partial charge is 0.0764 e. The minimum Gasteiger partial charge on any atom is -0.312 e. The van der Waals surface area contributed by atoms with Crippen molar-refractivity contribution in [3.05, 3.63) is 18.0 Å². The fraction of sp³-hybridized carbons (Fsp3) is 0.700. The molecule has 0 spiro atoms. The average Bonchev–Trinajstić information content (AvgIpc) is 2.51. The lowest BCUT2D eigenvalue weighted by Gasteiger charge is -2.31. The van der Waals surface area contributed by atoms with Crippen molar-refractivity contribution in [2.75, 3.05) is 19.6 Å². The van der Waals surface area contributed by atoms with Gasteiger partial charge in [-0.2, -0.15) is 5.10 Å². The number of rotatable bonds is 2. The molecule has 78 valence electrons. The monoisotopic (exact) mass is 194 g/mol. The van der Waals surface area contributed by atoms with E-state index in [1.54, 1.807) is 0 Å². The number of piperazine rings is 1. The number of hydrogen-bond acceptors (Lipinski definition) is 3. The zero-order valence-electron chi connectivity index (χ0n) is 8.90. The van der Waals surface area contributed by atoms with Crippen LogP contribution >= 0.6 is 0 Å². The second kappa shape index (κ2) is 4.11. The second-order valence-corrected chi connectivity index (χ2v) is 4.07. The molecular formula is C10H18N4. The van der Waals surface area contributed by atoms with Crippen LogP contribution in [-0.4, -0.2) is 40.4 Å². The molecule has 2 rings (SSSR count). The highest BCUT2D eigenvalue weighted by Crippen LogP contribution is 2.04. The lowest BCUT2D eigenvalue weighted by Crippen LogP contribution is -2.48. The van der Waals surface area contributed by atoms with Gasteiger partial charge in [-0.25, -0.2) is 0 Å². The molecule has 0 radical (unpaired) electrons. The van der Waals surface area contributed by atoms with Crippen LogP contribution in [0, 0.1) is 0 Å². The summed E-state index contributed by atoms with van der Waals surface area (Å²) >= 11 is 0. The van der Waals surface area contributed by atoms with Crippen molar-refractivity contribution < 1.29 is 0 Å². The van der Waals surface area contributed by atoms with E-state index in [-0.39, 0.29) is 0 Å². The van der Waals surface area contributed by atoms with Gasteiger partial charge in [-0.1, -0.05) is 0 Å². The maximum absolute atomic E-state index is 4.38. The first kappa shape index (κ1) is 9.68. The molecular weight excluding hydrogens is 176 g/mol. The van der Waals surface area contributed by atoms with Crippen molar-refractivity contribution in [1.29, 1.82) is 0 Å². The molecule has 2 heterocycles. The highest BCUT2D eigenvalue weighted by Gasteiger charge is 2.15. The van der Waals surface area contributed by atoms with E-state index in [2.05, 4.69) is 28.3 Å². The van der Waals surface area contributed by atoms with Crippen LogP contribution in [0.2, 0.25) is 0 Å². The van der Waals surface area contributed by atoms with Gasteiger partial charge in [0, 0.05) is 45.5 Å². The first-order chi connectivity index (χ1) is 6.74. The zero-order valence-corrected chi connectivity index (χ0v) is 8.90. The first-order valence-corrected chi connectivity index (χ1v) is 5.18. The van der Waals surface area contributed by atoms with Crippen molar-refractivity contribution in [1.82, 2.24) is 20.0 Å². The van der Waals surface area contributed by atoms with Crippen molar-refractivity contribution in [3.63, 3.8) is 0 Å². The summed E-state index contributed by atoms with van der Waals surface area (Å²) in [5.74, 6) is 0. The van der Waals surface area contributed by atoms with Crippen LogP contribution in [0.15, 0.2) is 12.3 Å². The second-order valence-electron chi connectivity index (χ2n) is 4.07. The van der Waals surface area contributed by atoms with Gasteiger partial charge in [-0.15, -0.1) is 0 Å². The molecule has 1 saturated heterocycles. The largest absolute Gasteiger partial charge is 0.312 e. The van der Waals surface area contributed by atoms with E-state index in [0.717, 1.165) is 26.2 Å². The van der Waals surface area contributed by atoms with Crippen LogP contribution in [0.1, 0.15) is 12.6 Å². The number of aromatic nitrogens is 2. The molecule has 1 aliphatic rings. The molecule has 1 aliphatic heterocycles. The minimum atomic E-state index is 0.604. The molecule has 1 aromatic rings. The zero-order chi connectivity index (χ0) is 9.97. The molecule has 0 bridgehead atoms. The van der Waals surface area contributed by atoms with E-state index >= 15 is 0 Å². The summed E-state index contributed by atoms with van der Waals surface area (Å²) in [6.45, 7) is 6.54. The number of aryl methyl sites for hydroxylation is 1. The van der Waals surface area contributed by atoms with Crippen LogP contribution < -0.4 is 5.32 Å². The van der Waals surface area contributed by atoms with Gasteiger partial charge in [-0.05, 0) is 13.0 Å². The van der Waals surface area contributed by atoms with Crippen LogP contribution in [-0.2, 0) is 13.6 Å². The Labute approximate surface area is 84.9 Å². The van der Waals surface area contributed by atoms with Gasteiger partial charge < -0.3 is 5.32 Å². The predicted molar refractivity (Wildman–Crippen MR) is 55.9 cm³/mol. The SMILES string of the molecule is C[C@H]1CN(Cc2ccn(C)n2)CCN1. The quantitative estimate of drug-likeness (QED) is 0.731. The van der Waals surface area contributed by atoms with E-state index in [1.807, 2.05) is 17.9 Å². The lowest BCUT2D eigenvalue weighted by molar-refractivity contribution is 0.197. The Morgan fingerprint density at radius 2 is 2.50 bits per heavy atom. The number of hydrogen-bond donors (Lipinski definition) is 1. The normalized spacial score (nSPS) is 24.0. The van der Waals surface area contributed by atoms with Gasteiger partial charge in [0.05, 0.1) is 5.69 Å². The number of nitrogens with one attached hydrogen (secondary N) is 1. The molecule has 0 saturated carbocycles. The van der Waals surface area contributed by atoms with Gasteiger partial charge in [0.15, 0.2) is 0 Å². The van der Waals surface area contributed by atoms with Crippen LogP contribution in [0.25, 0.3) is 0 Å². The van der Waals surface area contributed by atoms with Gasteiger partial charge in [-0.3, -0.25) is 9.58 Å². The number of nitrogens with zero attached hydrogens (tertiary/aromatic N) is 3. The van der Waals surface area contributed by atoms with Gasteiger partial charge >= 0.3 is 0 Å². The van der Waals surface area contributed by atoms with Gasteiger partial charge in [0.1, 0.15) is 0 Å². The molecule has 14 heavy (non-hydrogen) atoms. The van der Waals surface area contributed by atoms with Crippen molar-refractivity contribution in [2.45, 2.75) is 19.5 Å². The third kappa shape index (κ3) is 2.33. The maximum Gasteiger partial charge on any atom is 0.0764 e. The average molecular weight is 194 g/mol.